The van der Waals surface area contributed by atoms with E-state index in [-0.39, 0.29) is 5.41 Å². The molecule has 2 saturated carbocycles. The molecular weight excluding hydrogens is 374 g/mol. The number of benzene rings is 1. The molecule has 5 heteroatoms. The number of likely N-dealkylation sites (tertiary alicyclic amines) is 1. The molecule has 1 spiro atoms. The molecule has 1 saturated heterocycles. The van der Waals surface area contributed by atoms with Crippen molar-refractivity contribution in [2.24, 2.45) is 16.6 Å². The lowest BCUT2D eigenvalue weighted by Crippen LogP contribution is -2.44. The van der Waals surface area contributed by atoms with Gasteiger partial charge in [-0.2, -0.15) is 0 Å². The number of hydrogen-bond acceptors (Lipinski definition) is 5. The number of fused-ring (bicyclic) bond motifs is 2. The molecule has 0 amide bonds. The summed E-state index contributed by atoms with van der Waals surface area (Å²) < 4.78 is 12.7. The predicted octanol–water partition coefficient (Wildman–Crippen LogP) is 4.93. The Morgan fingerprint density at radius 2 is 1.73 bits per heavy atom. The number of ether oxygens (including phenoxy) is 2. The fraction of sp³-hybridized carbons (Fsp3) is 0.720. The minimum Gasteiger partial charge on any atom is -0.490 e. The maximum absolute atomic E-state index is 6.40. The second-order valence-electron chi connectivity index (χ2n) is 9.81. The summed E-state index contributed by atoms with van der Waals surface area (Å²) in [6.07, 6.45) is 13.8. The molecular formula is C25H37N3O2. The highest BCUT2D eigenvalue weighted by Crippen LogP contribution is 2.54. The zero-order valence-corrected chi connectivity index (χ0v) is 18.3. The van der Waals surface area contributed by atoms with Crippen molar-refractivity contribution in [2.75, 3.05) is 32.8 Å². The van der Waals surface area contributed by atoms with Gasteiger partial charge in [-0.3, -0.25) is 0 Å². The van der Waals surface area contributed by atoms with Crippen LogP contribution in [-0.4, -0.2) is 43.6 Å². The first kappa shape index (κ1) is 20.2. The van der Waals surface area contributed by atoms with E-state index in [4.69, 9.17) is 20.2 Å². The van der Waals surface area contributed by atoms with Crippen molar-refractivity contribution in [2.45, 2.75) is 76.0 Å². The summed E-state index contributed by atoms with van der Waals surface area (Å²) in [5.41, 5.74) is 8.59. The number of nitrogens with zero attached hydrogens (tertiary/aromatic N) is 2. The molecule has 30 heavy (non-hydrogen) atoms. The van der Waals surface area contributed by atoms with Gasteiger partial charge < -0.3 is 20.1 Å². The molecule has 164 valence electrons. The topological polar surface area (TPSA) is 60.1 Å². The van der Waals surface area contributed by atoms with E-state index in [0.29, 0.717) is 5.92 Å². The maximum atomic E-state index is 6.40. The van der Waals surface area contributed by atoms with E-state index in [1.165, 1.54) is 70.0 Å². The Labute approximate surface area is 181 Å². The molecule has 2 N–H and O–H groups in total. The van der Waals surface area contributed by atoms with E-state index in [1.54, 1.807) is 0 Å². The van der Waals surface area contributed by atoms with Crippen LogP contribution in [0.4, 0.5) is 5.69 Å². The zero-order valence-electron chi connectivity index (χ0n) is 18.3. The van der Waals surface area contributed by atoms with Crippen LogP contribution in [0.1, 0.15) is 76.2 Å². The lowest BCUT2D eigenvalue weighted by molar-refractivity contribution is 0.195. The lowest BCUT2D eigenvalue weighted by Gasteiger charge is -2.39. The summed E-state index contributed by atoms with van der Waals surface area (Å²) in [6, 6.07) is 4.29. The van der Waals surface area contributed by atoms with E-state index in [0.717, 1.165) is 62.0 Å². The molecule has 2 aliphatic carbocycles. The summed E-state index contributed by atoms with van der Waals surface area (Å²) >= 11 is 0. The summed E-state index contributed by atoms with van der Waals surface area (Å²) in [5.74, 6) is 3.21. The monoisotopic (exact) mass is 411 g/mol. The molecule has 4 aliphatic rings. The molecule has 0 aromatic heterocycles. The van der Waals surface area contributed by atoms with Gasteiger partial charge in [-0.1, -0.05) is 25.7 Å². The Morgan fingerprint density at radius 1 is 0.967 bits per heavy atom. The van der Waals surface area contributed by atoms with Crippen LogP contribution in [0.15, 0.2) is 17.1 Å². The number of amidine groups is 1. The van der Waals surface area contributed by atoms with Gasteiger partial charge in [0, 0.05) is 12.6 Å². The van der Waals surface area contributed by atoms with E-state index in [2.05, 4.69) is 17.0 Å². The summed E-state index contributed by atoms with van der Waals surface area (Å²) in [5, 5.41) is 0. The SMILES string of the molecule is NC1=Nc2cc(OCCCN3CCCC3)c(OCC3CCCCC3)cc2C12CCC2. The maximum Gasteiger partial charge on any atom is 0.163 e. The van der Waals surface area contributed by atoms with Gasteiger partial charge in [0.2, 0.25) is 0 Å². The van der Waals surface area contributed by atoms with Crippen LogP contribution in [-0.2, 0) is 5.41 Å². The Kier molecular flexibility index (Phi) is 5.90. The Hall–Kier alpha value is -1.75. The fourth-order valence-corrected chi connectivity index (χ4v) is 5.72. The first-order valence-electron chi connectivity index (χ1n) is 12.3. The minimum atomic E-state index is -0.0352. The molecule has 0 unspecified atom stereocenters. The fourth-order valence-electron chi connectivity index (χ4n) is 5.72. The van der Waals surface area contributed by atoms with Crippen LogP contribution in [0.3, 0.4) is 0 Å². The molecule has 1 aromatic rings. The number of hydrogen-bond donors (Lipinski definition) is 1. The van der Waals surface area contributed by atoms with Crippen LogP contribution in [0.25, 0.3) is 0 Å². The highest BCUT2D eigenvalue weighted by Gasteiger charge is 2.47. The van der Waals surface area contributed by atoms with Gasteiger partial charge in [0.05, 0.1) is 24.3 Å². The number of nitrogens with two attached hydrogens (primary N) is 1. The predicted molar refractivity (Wildman–Crippen MR) is 121 cm³/mol. The van der Waals surface area contributed by atoms with Gasteiger partial charge >= 0.3 is 0 Å². The van der Waals surface area contributed by atoms with Gasteiger partial charge in [-0.15, -0.1) is 0 Å². The molecule has 2 aliphatic heterocycles. The van der Waals surface area contributed by atoms with Crippen LogP contribution in [0.5, 0.6) is 11.5 Å². The highest BCUT2D eigenvalue weighted by molar-refractivity contribution is 6.00. The largest absolute Gasteiger partial charge is 0.490 e. The lowest BCUT2D eigenvalue weighted by atomic mass is 9.64. The van der Waals surface area contributed by atoms with Crippen molar-refractivity contribution in [1.82, 2.24) is 4.90 Å². The van der Waals surface area contributed by atoms with E-state index in [9.17, 15) is 0 Å². The molecule has 1 aromatic carbocycles. The first-order valence-corrected chi connectivity index (χ1v) is 12.3. The molecule has 2 heterocycles. The normalized spacial score (nSPS) is 23.3. The van der Waals surface area contributed by atoms with Crippen molar-refractivity contribution in [1.29, 1.82) is 0 Å². The number of aliphatic imine (C=N–C) groups is 1. The third-order valence-electron chi connectivity index (χ3n) is 7.79. The van der Waals surface area contributed by atoms with Gasteiger partial charge in [-0.25, -0.2) is 4.99 Å². The second-order valence-corrected chi connectivity index (χ2v) is 9.81. The van der Waals surface area contributed by atoms with Crippen molar-refractivity contribution < 1.29 is 9.47 Å². The van der Waals surface area contributed by atoms with Gasteiger partial charge in [0.1, 0.15) is 5.84 Å². The zero-order chi connectivity index (χ0) is 20.4. The van der Waals surface area contributed by atoms with Gasteiger partial charge in [-0.05, 0) is 75.6 Å². The Balaban J connectivity index is 1.29. The smallest absolute Gasteiger partial charge is 0.163 e. The summed E-state index contributed by atoms with van der Waals surface area (Å²) in [6.45, 7) is 5.12. The number of rotatable bonds is 8. The minimum absolute atomic E-state index is 0.0352. The molecule has 0 radical (unpaired) electrons. The van der Waals surface area contributed by atoms with Crippen LogP contribution in [0.2, 0.25) is 0 Å². The average molecular weight is 412 g/mol. The van der Waals surface area contributed by atoms with Crippen molar-refractivity contribution >= 4 is 11.5 Å². The molecule has 5 rings (SSSR count). The van der Waals surface area contributed by atoms with Crippen molar-refractivity contribution in [3.63, 3.8) is 0 Å². The Morgan fingerprint density at radius 3 is 2.47 bits per heavy atom. The summed E-state index contributed by atoms with van der Waals surface area (Å²) in [4.78, 5) is 7.26. The van der Waals surface area contributed by atoms with Crippen LogP contribution < -0.4 is 15.2 Å². The standard InChI is InChI=1S/C25H37N3O2/c26-24-25(10-6-11-25)20-16-22(30-18-19-8-2-1-3-9-19)23(17-21(20)27-24)29-15-7-14-28-12-4-5-13-28/h16-17,19H,1-15,18H2,(H2,26,27). The summed E-state index contributed by atoms with van der Waals surface area (Å²) in [7, 11) is 0. The van der Waals surface area contributed by atoms with Crippen LogP contribution >= 0.6 is 0 Å². The van der Waals surface area contributed by atoms with Crippen molar-refractivity contribution in [3.8, 4) is 11.5 Å². The van der Waals surface area contributed by atoms with E-state index < -0.39 is 0 Å². The van der Waals surface area contributed by atoms with E-state index >= 15 is 0 Å². The molecule has 0 bridgehead atoms. The molecule has 3 fully saturated rings. The molecule has 5 nitrogen and oxygen atoms in total. The Bertz CT molecular complexity index is 775. The van der Waals surface area contributed by atoms with Gasteiger partial charge in [0.25, 0.3) is 0 Å². The first-order chi connectivity index (χ1) is 14.7. The molecule has 0 atom stereocenters. The average Bonchev–Trinajstić information content (AvgIpc) is 3.34. The van der Waals surface area contributed by atoms with Gasteiger partial charge in [0.15, 0.2) is 11.5 Å². The third-order valence-corrected chi connectivity index (χ3v) is 7.79. The highest BCUT2D eigenvalue weighted by atomic mass is 16.5. The second kappa shape index (κ2) is 8.78. The van der Waals surface area contributed by atoms with Crippen LogP contribution in [0, 0.1) is 5.92 Å². The third kappa shape index (κ3) is 3.93. The van der Waals surface area contributed by atoms with E-state index in [1.807, 2.05) is 0 Å². The quantitative estimate of drug-likeness (QED) is 0.616. The van der Waals surface area contributed by atoms with Crippen molar-refractivity contribution in [3.05, 3.63) is 17.7 Å².